The fourth-order valence-electron chi connectivity index (χ4n) is 3.21. The second-order valence-electron chi connectivity index (χ2n) is 6.03. The van der Waals surface area contributed by atoms with Crippen molar-refractivity contribution in [1.82, 2.24) is 15.2 Å². The van der Waals surface area contributed by atoms with Gasteiger partial charge in [0.1, 0.15) is 0 Å². The second kappa shape index (κ2) is 8.48. The normalized spacial score (nSPS) is 16.3. The van der Waals surface area contributed by atoms with E-state index in [1.54, 1.807) is 6.20 Å². The lowest BCUT2D eigenvalue weighted by molar-refractivity contribution is 0.154. The average Bonchev–Trinajstić information content (AvgIpc) is 2.70. The lowest BCUT2D eigenvalue weighted by Gasteiger charge is -2.40. The highest BCUT2D eigenvalue weighted by atomic mass is 16.5. The minimum absolute atomic E-state index is 0.0886. The van der Waals surface area contributed by atoms with Gasteiger partial charge >= 0.3 is 6.09 Å². The summed E-state index contributed by atoms with van der Waals surface area (Å²) in [7, 11) is 1.38. The van der Waals surface area contributed by atoms with Crippen molar-refractivity contribution in [3.63, 3.8) is 0 Å². The summed E-state index contributed by atoms with van der Waals surface area (Å²) in [5.41, 5.74) is 2.36. The third-order valence-corrected chi connectivity index (χ3v) is 4.57. The number of hydrogen-bond donors (Lipinski definition) is 1. The number of carbonyl (C=O) groups is 1. The molecule has 1 aromatic heterocycles. The molecule has 1 aliphatic rings. The summed E-state index contributed by atoms with van der Waals surface area (Å²) in [5, 5.41) is 2.83. The molecule has 0 spiro atoms. The maximum absolute atomic E-state index is 11.5. The van der Waals surface area contributed by atoms with Crippen LogP contribution in [0.1, 0.15) is 11.6 Å². The Kier molecular flexibility index (Phi) is 5.85. The highest BCUT2D eigenvalue weighted by Gasteiger charge is 2.25. The highest BCUT2D eigenvalue weighted by molar-refractivity contribution is 5.66. The number of carbonyl (C=O) groups excluding carboxylic acids is 1. The zero-order chi connectivity index (χ0) is 17.5. The smallest absolute Gasteiger partial charge is 0.406 e. The van der Waals surface area contributed by atoms with Crippen LogP contribution in [0.3, 0.4) is 0 Å². The van der Waals surface area contributed by atoms with Crippen molar-refractivity contribution in [2.75, 3.05) is 44.7 Å². The van der Waals surface area contributed by atoms with Gasteiger partial charge in [-0.25, -0.2) is 4.79 Å². The van der Waals surface area contributed by atoms with Gasteiger partial charge in [0.15, 0.2) is 0 Å². The van der Waals surface area contributed by atoms with E-state index in [2.05, 4.69) is 50.4 Å². The van der Waals surface area contributed by atoms with Crippen LogP contribution in [0.5, 0.6) is 0 Å². The molecular weight excluding hydrogens is 316 g/mol. The van der Waals surface area contributed by atoms with Gasteiger partial charge in [-0.1, -0.05) is 24.3 Å². The minimum atomic E-state index is -0.406. The van der Waals surface area contributed by atoms with E-state index in [1.165, 1.54) is 12.8 Å². The fraction of sp³-hybridized carbons (Fsp3) is 0.368. The minimum Gasteiger partial charge on any atom is -0.453 e. The van der Waals surface area contributed by atoms with Crippen LogP contribution in [0.2, 0.25) is 0 Å². The second-order valence-corrected chi connectivity index (χ2v) is 6.03. The lowest BCUT2D eigenvalue weighted by atomic mass is 10.1. The Bertz CT molecular complexity index is 658. The summed E-state index contributed by atoms with van der Waals surface area (Å²) in [4.78, 5) is 20.5. The zero-order valence-corrected chi connectivity index (χ0v) is 14.5. The van der Waals surface area contributed by atoms with Crippen molar-refractivity contribution in [2.24, 2.45) is 0 Å². The Balaban J connectivity index is 1.66. The van der Waals surface area contributed by atoms with Gasteiger partial charge in [0.2, 0.25) is 0 Å². The van der Waals surface area contributed by atoms with Gasteiger partial charge in [-0.15, -0.1) is 0 Å². The number of methoxy groups -OCH3 is 1. The molecule has 1 saturated heterocycles. The van der Waals surface area contributed by atoms with E-state index < -0.39 is 6.09 Å². The van der Waals surface area contributed by atoms with Crippen LogP contribution in [0, 0.1) is 0 Å². The van der Waals surface area contributed by atoms with Crippen LogP contribution >= 0.6 is 0 Å². The van der Waals surface area contributed by atoms with Gasteiger partial charge in [-0.05, 0) is 23.8 Å². The summed E-state index contributed by atoms with van der Waals surface area (Å²) in [6, 6.07) is 14.5. The number of aromatic nitrogens is 1. The number of amides is 1. The van der Waals surface area contributed by atoms with Gasteiger partial charge < -0.3 is 15.0 Å². The first-order valence-corrected chi connectivity index (χ1v) is 8.53. The van der Waals surface area contributed by atoms with E-state index in [-0.39, 0.29) is 6.04 Å². The molecule has 2 heterocycles. The monoisotopic (exact) mass is 340 g/mol. The van der Waals surface area contributed by atoms with Crippen molar-refractivity contribution in [3.8, 4) is 0 Å². The molecule has 1 aliphatic heterocycles. The van der Waals surface area contributed by atoms with Gasteiger partial charge in [0.25, 0.3) is 0 Å². The summed E-state index contributed by atoms with van der Waals surface area (Å²) >= 11 is 0. The number of anilines is 1. The van der Waals surface area contributed by atoms with Crippen LogP contribution in [0.4, 0.5) is 10.5 Å². The molecular formula is C19H24N4O2. The number of nitrogens with zero attached hydrogens (tertiary/aromatic N) is 3. The van der Waals surface area contributed by atoms with Crippen molar-refractivity contribution < 1.29 is 9.53 Å². The van der Waals surface area contributed by atoms with Crippen LogP contribution in [-0.4, -0.2) is 55.8 Å². The van der Waals surface area contributed by atoms with Crippen LogP contribution in [0.15, 0.2) is 54.9 Å². The first-order valence-electron chi connectivity index (χ1n) is 8.53. The molecule has 0 saturated carbocycles. The summed E-state index contributed by atoms with van der Waals surface area (Å²) < 4.78 is 4.71. The van der Waals surface area contributed by atoms with E-state index >= 15 is 0 Å². The molecule has 0 aliphatic carbocycles. The van der Waals surface area contributed by atoms with E-state index in [0.717, 1.165) is 31.7 Å². The van der Waals surface area contributed by atoms with Gasteiger partial charge in [-0.2, -0.15) is 0 Å². The van der Waals surface area contributed by atoms with Crippen molar-refractivity contribution >= 4 is 11.8 Å². The number of nitrogens with one attached hydrogen (secondary N) is 1. The maximum Gasteiger partial charge on any atom is 0.406 e. The van der Waals surface area contributed by atoms with Gasteiger partial charge in [0, 0.05) is 50.8 Å². The molecule has 0 radical (unpaired) electrons. The first kappa shape index (κ1) is 17.2. The Morgan fingerprint density at radius 1 is 1.16 bits per heavy atom. The van der Waals surface area contributed by atoms with E-state index in [4.69, 9.17) is 4.74 Å². The number of ether oxygens (including phenoxy) is 1. The molecule has 3 rings (SSSR count). The zero-order valence-electron chi connectivity index (χ0n) is 14.5. The van der Waals surface area contributed by atoms with Crippen molar-refractivity contribution in [1.29, 1.82) is 0 Å². The first-order chi connectivity index (χ1) is 12.3. The molecule has 1 aromatic carbocycles. The number of benzene rings is 1. The topological polar surface area (TPSA) is 57.7 Å². The standard InChI is InChI=1S/C19H24N4O2/c1-25-19(24)21-15-18(16-6-5-9-20-14-16)23-12-10-22(11-13-23)17-7-3-2-4-8-17/h2-9,14,18H,10-13,15H2,1H3,(H,21,24)/t18-/m1/s1. The van der Waals surface area contributed by atoms with E-state index in [1.807, 2.05) is 18.3 Å². The quantitative estimate of drug-likeness (QED) is 0.905. The van der Waals surface area contributed by atoms with Crippen molar-refractivity contribution in [3.05, 3.63) is 60.4 Å². The van der Waals surface area contributed by atoms with E-state index in [9.17, 15) is 4.79 Å². The molecule has 1 atom stereocenters. The number of piperazine rings is 1. The van der Waals surface area contributed by atoms with Crippen LogP contribution in [0.25, 0.3) is 0 Å². The summed E-state index contributed by atoms with van der Waals surface area (Å²) in [6.07, 6.45) is 3.23. The Labute approximate surface area is 148 Å². The molecule has 132 valence electrons. The SMILES string of the molecule is COC(=O)NC[C@H](c1cccnc1)N1CCN(c2ccccc2)CC1. The Morgan fingerprint density at radius 3 is 2.56 bits per heavy atom. The number of pyridine rings is 1. The number of hydrogen-bond acceptors (Lipinski definition) is 5. The van der Waals surface area contributed by atoms with Crippen molar-refractivity contribution in [2.45, 2.75) is 6.04 Å². The molecule has 6 heteroatoms. The maximum atomic E-state index is 11.5. The average molecular weight is 340 g/mol. The predicted molar refractivity (Wildman–Crippen MR) is 97.6 cm³/mol. The lowest BCUT2D eigenvalue weighted by Crippen LogP contribution is -2.50. The van der Waals surface area contributed by atoms with Crippen LogP contribution < -0.4 is 10.2 Å². The number of rotatable bonds is 5. The molecule has 1 N–H and O–H groups in total. The number of alkyl carbamates (subject to hydrolysis) is 1. The molecule has 1 fully saturated rings. The van der Waals surface area contributed by atoms with Crippen LogP contribution in [-0.2, 0) is 4.74 Å². The fourth-order valence-corrected chi connectivity index (χ4v) is 3.21. The Hall–Kier alpha value is -2.60. The molecule has 6 nitrogen and oxygen atoms in total. The highest BCUT2D eigenvalue weighted by Crippen LogP contribution is 2.23. The molecule has 0 bridgehead atoms. The molecule has 25 heavy (non-hydrogen) atoms. The van der Waals surface area contributed by atoms with Gasteiger partial charge in [-0.3, -0.25) is 9.88 Å². The predicted octanol–water partition coefficient (Wildman–Crippen LogP) is 2.30. The molecule has 2 aromatic rings. The number of para-hydroxylation sites is 1. The third kappa shape index (κ3) is 4.48. The Morgan fingerprint density at radius 2 is 1.92 bits per heavy atom. The summed E-state index contributed by atoms with van der Waals surface area (Å²) in [6.45, 7) is 4.27. The molecule has 1 amide bonds. The largest absolute Gasteiger partial charge is 0.453 e. The summed E-state index contributed by atoms with van der Waals surface area (Å²) in [5.74, 6) is 0. The van der Waals surface area contributed by atoms with E-state index in [0.29, 0.717) is 6.54 Å². The van der Waals surface area contributed by atoms with Gasteiger partial charge in [0.05, 0.1) is 13.2 Å². The third-order valence-electron chi connectivity index (χ3n) is 4.57. The molecule has 0 unspecified atom stereocenters.